The summed E-state index contributed by atoms with van der Waals surface area (Å²) in [5.74, 6) is 2.58. The minimum absolute atomic E-state index is 0. The van der Waals surface area contributed by atoms with Gasteiger partial charge < -0.3 is 10.6 Å². The molecule has 22 heavy (non-hydrogen) atoms. The molecule has 1 aliphatic carbocycles. The molecule has 2 rings (SSSR count). The number of guanidine groups is 1. The maximum Gasteiger partial charge on any atom is 0.191 e. The lowest BCUT2D eigenvalue weighted by Crippen LogP contribution is -2.38. The fourth-order valence-electron chi connectivity index (χ4n) is 1.86. The first-order chi connectivity index (χ1) is 10.3. The molecule has 0 aromatic heterocycles. The number of hydrogen-bond donors (Lipinski definition) is 2. The molecule has 6 heteroatoms. The highest BCUT2D eigenvalue weighted by molar-refractivity contribution is 14.0. The van der Waals surface area contributed by atoms with Crippen LogP contribution in [0.15, 0.2) is 34.2 Å². The molecule has 0 atom stereocenters. The third-order valence-corrected chi connectivity index (χ3v) is 4.34. The van der Waals surface area contributed by atoms with Crippen molar-refractivity contribution < 1.29 is 4.39 Å². The van der Waals surface area contributed by atoms with Crippen molar-refractivity contribution in [3.05, 3.63) is 30.1 Å². The lowest BCUT2D eigenvalue weighted by molar-refractivity contribution is 0.626. The quantitative estimate of drug-likeness (QED) is 0.213. The van der Waals surface area contributed by atoms with Crippen LogP contribution in [0.4, 0.5) is 4.39 Å². The third kappa shape index (κ3) is 8.22. The molecule has 1 saturated carbocycles. The van der Waals surface area contributed by atoms with E-state index in [0.29, 0.717) is 0 Å². The van der Waals surface area contributed by atoms with Crippen LogP contribution in [0.3, 0.4) is 0 Å². The van der Waals surface area contributed by atoms with Crippen molar-refractivity contribution in [3.63, 3.8) is 0 Å². The van der Waals surface area contributed by atoms with Crippen LogP contribution in [0.25, 0.3) is 0 Å². The first-order valence-corrected chi connectivity index (χ1v) is 8.67. The molecule has 0 radical (unpaired) electrons. The normalized spacial score (nSPS) is 14.4. The third-order valence-electron chi connectivity index (χ3n) is 3.24. The first-order valence-electron chi connectivity index (χ1n) is 7.68. The van der Waals surface area contributed by atoms with Gasteiger partial charge in [0.05, 0.1) is 0 Å². The monoisotopic (exact) mass is 437 g/mol. The molecule has 1 aromatic rings. The Morgan fingerprint density at radius 1 is 1.27 bits per heavy atom. The average Bonchev–Trinajstić information content (AvgIpc) is 3.30. The minimum Gasteiger partial charge on any atom is -0.357 e. The molecule has 1 aliphatic rings. The van der Waals surface area contributed by atoms with E-state index < -0.39 is 0 Å². The molecule has 2 N–H and O–H groups in total. The van der Waals surface area contributed by atoms with Crippen molar-refractivity contribution in [1.29, 1.82) is 0 Å². The maximum atomic E-state index is 12.8. The highest BCUT2D eigenvalue weighted by Crippen LogP contribution is 2.28. The molecule has 0 heterocycles. The summed E-state index contributed by atoms with van der Waals surface area (Å²) >= 11 is 1.76. The van der Waals surface area contributed by atoms with Crippen LogP contribution in [0.5, 0.6) is 0 Å². The Morgan fingerprint density at radius 2 is 2.00 bits per heavy atom. The van der Waals surface area contributed by atoms with Gasteiger partial charge in [-0.15, -0.1) is 35.7 Å². The van der Waals surface area contributed by atoms with E-state index >= 15 is 0 Å². The predicted octanol–water partition coefficient (Wildman–Crippen LogP) is 3.89. The van der Waals surface area contributed by atoms with Crippen molar-refractivity contribution in [3.8, 4) is 0 Å². The van der Waals surface area contributed by atoms with E-state index in [-0.39, 0.29) is 29.8 Å². The molecule has 0 spiro atoms. The molecule has 0 unspecified atom stereocenters. The van der Waals surface area contributed by atoms with E-state index in [1.54, 1.807) is 11.8 Å². The van der Waals surface area contributed by atoms with Gasteiger partial charge in [0.25, 0.3) is 0 Å². The molecule has 1 fully saturated rings. The summed E-state index contributed by atoms with van der Waals surface area (Å²) in [7, 11) is 0. The van der Waals surface area contributed by atoms with E-state index in [2.05, 4.69) is 22.5 Å². The fourth-order valence-corrected chi connectivity index (χ4v) is 2.72. The van der Waals surface area contributed by atoms with E-state index in [4.69, 9.17) is 0 Å². The molecule has 0 saturated heterocycles. The maximum absolute atomic E-state index is 12.8. The van der Waals surface area contributed by atoms with Gasteiger partial charge in [0, 0.05) is 24.5 Å². The zero-order chi connectivity index (χ0) is 14.9. The molecular weight excluding hydrogens is 412 g/mol. The van der Waals surface area contributed by atoms with Crippen LogP contribution in [0, 0.1) is 11.7 Å². The van der Waals surface area contributed by atoms with Crippen molar-refractivity contribution in [2.45, 2.75) is 31.1 Å². The summed E-state index contributed by atoms with van der Waals surface area (Å²) in [6.07, 6.45) is 3.71. The number of benzene rings is 1. The van der Waals surface area contributed by atoms with Crippen molar-refractivity contribution in [2.24, 2.45) is 10.9 Å². The SMILES string of the molecule is CCNC(=NCC1CC1)NCCCSc1ccc(F)cc1.I. The molecule has 0 bridgehead atoms. The summed E-state index contributed by atoms with van der Waals surface area (Å²) in [5, 5.41) is 6.64. The van der Waals surface area contributed by atoms with Crippen LogP contribution in [-0.2, 0) is 0 Å². The Bertz CT molecular complexity index is 449. The lowest BCUT2D eigenvalue weighted by atomic mass is 10.4. The lowest BCUT2D eigenvalue weighted by Gasteiger charge is -2.11. The largest absolute Gasteiger partial charge is 0.357 e. The van der Waals surface area contributed by atoms with E-state index in [1.165, 1.54) is 25.0 Å². The van der Waals surface area contributed by atoms with Gasteiger partial charge in [-0.05, 0) is 62.1 Å². The Kier molecular flexibility index (Phi) is 9.86. The van der Waals surface area contributed by atoms with E-state index in [9.17, 15) is 4.39 Å². The molecule has 0 aliphatic heterocycles. The predicted molar refractivity (Wildman–Crippen MR) is 104 cm³/mol. The van der Waals surface area contributed by atoms with Crippen LogP contribution in [0.1, 0.15) is 26.2 Å². The Morgan fingerprint density at radius 3 is 2.64 bits per heavy atom. The fraction of sp³-hybridized carbons (Fsp3) is 0.562. The zero-order valence-electron chi connectivity index (χ0n) is 13.0. The molecule has 3 nitrogen and oxygen atoms in total. The van der Waals surface area contributed by atoms with Crippen molar-refractivity contribution in [1.82, 2.24) is 10.6 Å². The van der Waals surface area contributed by atoms with Gasteiger partial charge >= 0.3 is 0 Å². The topological polar surface area (TPSA) is 36.4 Å². The number of aliphatic imine (C=N–C) groups is 1. The van der Waals surface area contributed by atoms with Gasteiger partial charge in [-0.2, -0.15) is 0 Å². The van der Waals surface area contributed by atoms with Crippen molar-refractivity contribution in [2.75, 3.05) is 25.4 Å². The zero-order valence-corrected chi connectivity index (χ0v) is 16.1. The van der Waals surface area contributed by atoms with Gasteiger partial charge in [-0.3, -0.25) is 4.99 Å². The number of hydrogen-bond acceptors (Lipinski definition) is 2. The minimum atomic E-state index is -0.178. The number of thioether (sulfide) groups is 1. The standard InChI is InChI=1S/C16H24FN3S.HI/c1-2-18-16(20-12-13-4-5-13)19-10-3-11-21-15-8-6-14(17)7-9-15;/h6-9,13H,2-5,10-12H2,1H3,(H2,18,19,20);1H. The van der Waals surface area contributed by atoms with Crippen molar-refractivity contribution >= 4 is 41.7 Å². The Balaban J connectivity index is 0.00000242. The van der Waals surface area contributed by atoms with Crippen LogP contribution in [-0.4, -0.2) is 31.3 Å². The number of nitrogens with one attached hydrogen (secondary N) is 2. The van der Waals surface area contributed by atoms with Gasteiger partial charge in [-0.1, -0.05) is 0 Å². The summed E-state index contributed by atoms with van der Waals surface area (Å²) in [6.45, 7) is 4.82. The van der Waals surface area contributed by atoms with Crippen LogP contribution >= 0.6 is 35.7 Å². The molecule has 0 amide bonds. The van der Waals surface area contributed by atoms with Gasteiger partial charge in [0.2, 0.25) is 0 Å². The van der Waals surface area contributed by atoms with E-state index in [1.807, 2.05) is 12.1 Å². The van der Waals surface area contributed by atoms with Crippen LogP contribution < -0.4 is 10.6 Å². The summed E-state index contributed by atoms with van der Waals surface area (Å²) in [5.41, 5.74) is 0. The van der Waals surface area contributed by atoms with Gasteiger partial charge in [0.1, 0.15) is 5.82 Å². The highest BCUT2D eigenvalue weighted by atomic mass is 127. The summed E-state index contributed by atoms with van der Waals surface area (Å²) in [6, 6.07) is 6.67. The van der Waals surface area contributed by atoms with E-state index in [0.717, 1.165) is 48.6 Å². The average molecular weight is 437 g/mol. The number of nitrogens with zero attached hydrogens (tertiary/aromatic N) is 1. The highest BCUT2D eigenvalue weighted by Gasteiger charge is 2.20. The first kappa shape index (κ1) is 19.5. The molecule has 1 aromatic carbocycles. The summed E-state index contributed by atoms with van der Waals surface area (Å²) in [4.78, 5) is 5.70. The van der Waals surface area contributed by atoms with Gasteiger partial charge in [-0.25, -0.2) is 4.39 Å². The summed E-state index contributed by atoms with van der Waals surface area (Å²) < 4.78 is 12.8. The second-order valence-electron chi connectivity index (χ2n) is 5.25. The number of rotatable bonds is 8. The Labute approximate surface area is 154 Å². The molecule has 124 valence electrons. The smallest absolute Gasteiger partial charge is 0.191 e. The Hall–Kier alpha value is -0.500. The number of halogens is 2. The second kappa shape index (κ2) is 11.1. The van der Waals surface area contributed by atoms with Gasteiger partial charge in [0.15, 0.2) is 5.96 Å². The second-order valence-corrected chi connectivity index (χ2v) is 6.41. The molecular formula is C16H25FIN3S. The van der Waals surface area contributed by atoms with Crippen LogP contribution in [0.2, 0.25) is 0 Å².